The van der Waals surface area contributed by atoms with Crippen molar-refractivity contribution < 1.29 is 14.3 Å². The van der Waals surface area contributed by atoms with Crippen molar-refractivity contribution in [3.05, 3.63) is 113 Å². The number of methoxy groups -OCH3 is 1. The van der Waals surface area contributed by atoms with E-state index in [1.165, 1.54) is 7.11 Å². The highest BCUT2D eigenvalue weighted by Crippen LogP contribution is 2.39. The normalized spacial score (nSPS) is 16.5. The summed E-state index contributed by atoms with van der Waals surface area (Å²) in [6.45, 7) is 4.39. The van der Waals surface area contributed by atoms with E-state index in [-0.39, 0.29) is 24.4 Å². The Morgan fingerprint density at radius 1 is 1.05 bits per heavy atom. The first-order chi connectivity index (χ1) is 19.4. The van der Waals surface area contributed by atoms with Crippen LogP contribution in [-0.4, -0.2) is 45.1 Å². The lowest BCUT2D eigenvalue weighted by Gasteiger charge is -2.29. The van der Waals surface area contributed by atoms with Gasteiger partial charge in [-0.1, -0.05) is 24.3 Å². The van der Waals surface area contributed by atoms with Crippen molar-refractivity contribution in [3.8, 4) is 5.69 Å². The van der Waals surface area contributed by atoms with E-state index >= 15 is 0 Å². The number of pyridine rings is 1. The minimum Gasteiger partial charge on any atom is -0.465 e. The SMILES string of the molecule is COC(=O)c1cccc(-n2cccc2[C@@H]2[C@H](c3ccccn3)NC(=S)N2CCC(=O)Nc2cc(C)ccc2C)c1. The number of amides is 1. The smallest absolute Gasteiger partial charge is 0.337 e. The van der Waals surface area contributed by atoms with Crippen molar-refractivity contribution in [2.75, 3.05) is 19.0 Å². The molecule has 2 atom stereocenters. The number of carbonyl (C=O) groups is 2. The molecule has 0 bridgehead atoms. The first-order valence-electron chi connectivity index (χ1n) is 13.1. The molecule has 1 amide bonds. The van der Waals surface area contributed by atoms with Gasteiger partial charge in [-0.2, -0.15) is 0 Å². The van der Waals surface area contributed by atoms with Crippen LogP contribution < -0.4 is 10.6 Å². The molecule has 2 N–H and O–H groups in total. The average molecular weight is 554 g/mol. The molecule has 0 unspecified atom stereocenters. The van der Waals surface area contributed by atoms with Crippen LogP contribution >= 0.6 is 12.2 Å². The molecule has 40 heavy (non-hydrogen) atoms. The van der Waals surface area contributed by atoms with Gasteiger partial charge in [-0.15, -0.1) is 0 Å². The maximum absolute atomic E-state index is 13.0. The second-order valence-corrected chi connectivity index (χ2v) is 10.2. The molecule has 1 saturated heterocycles. The zero-order valence-electron chi connectivity index (χ0n) is 22.6. The average Bonchev–Trinajstić information content (AvgIpc) is 3.58. The summed E-state index contributed by atoms with van der Waals surface area (Å²) < 4.78 is 6.96. The van der Waals surface area contributed by atoms with E-state index in [1.54, 1.807) is 18.3 Å². The van der Waals surface area contributed by atoms with Crippen LogP contribution in [0.25, 0.3) is 5.69 Å². The van der Waals surface area contributed by atoms with Crippen LogP contribution in [0.1, 0.15) is 51.4 Å². The zero-order chi connectivity index (χ0) is 28.2. The number of hydrogen-bond donors (Lipinski definition) is 2. The number of nitrogens with one attached hydrogen (secondary N) is 2. The van der Waals surface area contributed by atoms with Crippen molar-refractivity contribution in [1.29, 1.82) is 0 Å². The first kappa shape index (κ1) is 27.1. The largest absolute Gasteiger partial charge is 0.465 e. The standard InChI is InChI=1S/C31H31N5O3S/c1-20-12-13-21(2)25(18-20)33-27(37)14-17-36-29(28(34-31(36)40)24-10-4-5-15-32-24)26-11-7-16-35(26)23-9-6-8-22(19-23)30(38)39-3/h4-13,15-16,18-19,28-29H,14,17H2,1-3H3,(H,33,37)(H,34,40)/t28-,29+/m0/s1. The summed E-state index contributed by atoms with van der Waals surface area (Å²) in [5.74, 6) is -0.486. The number of hydrogen-bond acceptors (Lipinski definition) is 5. The fraction of sp³-hybridized carbons (Fsp3) is 0.226. The summed E-state index contributed by atoms with van der Waals surface area (Å²) in [4.78, 5) is 31.9. The fourth-order valence-corrected chi connectivity index (χ4v) is 5.38. The van der Waals surface area contributed by atoms with Gasteiger partial charge in [0.25, 0.3) is 0 Å². The van der Waals surface area contributed by atoms with Gasteiger partial charge in [0, 0.05) is 42.4 Å². The Labute approximate surface area is 239 Å². The molecule has 1 aliphatic rings. The van der Waals surface area contributed by atoms with E-state index in [1.807, 2.05) is 90.2 Å². The molecule has 2 aromatic carbocycles. The van der Waals surface area contributed by atoms with Crippen LogP contribution in [-0.2, 0) is 9.53 Å². The van der Waals surface area contributed by atoms with Crippen LogP contribution in [0.4, 0.5) is 5.69 Å². The lowest BCUT2D eigenvalue weighted by Crippen LogP contribution is -2.33. The highest BCUT2D eigenvalue weighted by Gasteiger charge is 2.41. The summed E-state index contributed by atoms with van der Waals surface area (Å²) in [6.07, 6.45) is 3.96. The number of nitrogens with zero attached hydrogens (tertiary/aromatic N) is 3. The number of aryl methyl sites for hydroxylation is 2. The van der Waals surface area contributed by atoms with E-state index < -0.39 is 5.97 Å². The van der Waals surface area contributed by atoms with Crippen molar-refractivity contribution in [1.82, 2.24) is 19.8 Å². The number of ether oxygens (including phenoxy) is 1. The quantitative estimate of drug-likeness (QED) is 0.227. The maximum Gasteiger partial charge on any atom is 0.337 e. The predicted octanol–water partition coefficient (Wildman–Crippen LogP) is 5.28. The first-order valence-corrected chi connectivity index (χ1v) is 13.5. The Bertz CT molecular complexity index is 1550. The van der Waals surface area contributed by atoms with Crippen molar-refractivity contribution in [3.63, 3.8) is 0 Å². The highest BCUT2D eigenvalue weighted by atomic mass is 32.1. The molecular formula is C31H31N5O3S. The number of rotatable bonds is 8. The van der Waals surface area contributed by atoms with E-state index in [2.05, 4.69) is 15.6 Å². The van der Waals surface area contributed by atoms with Crippen LogP contribution in [0, 0.1) is 13.8 Å². The van der Waals surface area contributed by atoms with Crippen LogP contribution in [0.5, 0.6) is 0 Å². The molecule has 1 aliphatic heterocycles. The molecule has 0 saturated carbocycles. The van der Waals surface area contributed by atoms with Crippen LogP contribution in [0.2, 0.25) is 0 Å². The van der Waals surface area contributed by atoms with Crippen molar-refractivity contribution in [2.24, 2.45) is 0 Å². The lowest BCUT2D eigenvalue weighted by atomic mass is 10.0. The Morgan fingerprint density at radius 3 is 2.67 bits per heavy atom. The van der Waals surface area contributed by atoms with Crippen molar-refractivity contribution in [2.45, 2.75) is 32.4 Å². The van der Waals surface area contributed by atoms with E-state index in [9.17, 15) is 9.59 Å². The summed E-state index contributed by atoms with van der Waals surface area (Å²) in [5.41, 5.74) is 5.97. The Kier molecular flexibility index (Phi) is 7.93. The van der Waals surface area contributed by atoms with Crippen LogP contribution in [0.3, 0.4) is 0 Å². The van der Waals surface area contributed by atoms with Gasteiger partial charge in [0.15, 0.2) is 5.11 Å². The van der Waals surface area contributed by atoms with E-state index in [0.29, 0.717) is 17.2 Å². The molecule has 5 rings (SSSR count). The van der Waals surface area contributed by atoms with Crippen molar-refractivity contribution >= 4 is 34.9 Å². The second kappa shape index (κ2) is 11.7. The Hall–Kier alpha value is -4.50. The zero-order valence-corrected chi connectivity index (χ0v) is 23.4. The van der Waals surface area contributed by atoms with Gasteiger partial charge in [-0.25, -0.2) is 4.79 Å². The molecule has 2 aromatic heterocycles. The lowest BCUT2D eigenvalue weighted by molar-refractivity contribution is -0.116. The summed E-state index contributed by atoms with van der Waals surface area (Å²) in [6, 6.07) is 22.6. The van der Waals surface area contributed by atoms with Crippen LogP contribution in [0.15, 0.2) is 85.2 Å². The molecule has 0 spiro atoms. The molecule has 4 aromatic rings. The van der Waals surface area contributed by atoms with Gasteiger partial charge in [0.2, 0.25) is 5.91 Å². The van der Waals surface area contributed by atoms with Gasteiger partial charge in [0.05, 0.1) is 30.5 Å². The Balaban J connectivity index is 1.46. The third-order valence-corrected chi connectivity index (χ3v) is 7.43. The highest BCUT2D eigenvalue weighted by molar-refractivity contribution is 7.80. The topological polar surface area (TPSA) is 88.5 Å². The van der Waals surface area contributed by atoms with E-state index in [0.717, 1.165) is 33.9 Å². The summed E-state index contributed by atoms with van der Waals surface area (Å²) >= 11 is 5.80. The monoisotopic (exact) mass is 553 g/mol. The molecular weight excluding hydrogens is 522 g/mol. The summed E-state index contributed by atoms with van der Waals surface area (Å²) in [7, 11) is 1.37. The minimum atomic E-state index is -0.401. The summed E-state index contributed by atoms with van der Waals surface area (Å²) in [5, 5.41) is 7.05. The number of aromatic nitrogens is 2. The van der Waals surface area contributed by atoms with Gasteiger partial charge in [-0.05, 0) is 85.7 Å². The number of thiocarbonyl (C=S) groups is 1. The number of carbonyl (C=O) groups excluding carboxylic acids is 2. The second-order valence-electron chi connectivity index (χ2n) is 9.78. The third kappa shape index (κ3) is 5.60. The number of anilines is 1. The molecule has 204 valence electrons. The van der Waals surface area contributed by atoms with Gasteiger partial charge in [-0.3, -0.25) is 9.78 Å². The minimum absolute atomic E-state index is 0.0855. The number of benzene rings is 2. The fourth-order valence-electron chi connectivity index (χ4n) is 5.04. The number of esters is 1. The Morgan fingerprint density at radius 2 is 1.90 bits per heavy atom. The van der Waals surface area contributed by atoms with Gasteiger partial charge >= 0.3 is 5.97 Å². The molecule has 0 radical (unpaired) electrons. The molecule has 9 heteroatoms. The van der Waals surface area contributed by atoms with Gasteiger partial charge < -0.3 is 24.8 Å². The van der Waals surface area contributed by atoms with E-state index in [4.69, 9.17) is 17.0 Å². The maximum atomic E-state index is 13.0. The molecule has 8 nitrogen and oxygen atoms in total. The molecule has 1 fully saturated rings. The third-order valence-electron chi connectivity index (χ3n) is 7.07. The predicted molar refractivity (Wildman–Crippen MR) is 158 cm³/mol. The molecule has 3 heterocycles. The van der Waals surface area contributed by atoms with Gasteiger partial charge in [0.1, 0.15) is 0 Å². The molecule has 0 aliphatic carbocycles.